The molecule has 8 nitrogen and oxygen atoms in total. The fraction of sp³-hybridized carbons (Fsp3) is 0.538. The summed E-state index contributed by atoms with van der Waals surface area (Å²) in [6.45, 7) is 3.76. The van der Waals surface area contributed by atoms with E-state index in [0.29, 0.717) is 11.7 Å². The summed E-state index contributed by atoms with van der Waals surface area (Å²) < 4.78 is 0. The first-order chi connectivity index (χ1) is 10.1. The van der Waals surface area contributed by atoms with Crippen molar-refractivity contribution < 1.29 is 10.1 Å². The fourth-order valence-electron chi connectivity index (χ4n) is 2.18. The van der Waals surface area contributed by atoms with E-state index in [4.69, 9.17) is 10.9 Å². The van der Waals surface area contributed by atoms with Crippen LogP contribution in [-0.2, 0) is 0 Å². The molecule has 1 aromatic rings. The van der Waals surface area contributed by atoms with E-state index in [-0.39, 0.29) is 17.2 Å². The second-order valence-corrected chi connectivity index (χ2v) is 5.17. The van der Waals surface area contributed by atoms with Gasteiger partial charge in [-0.05, 0) is 31.2 Å². The Kier molecular flexibility index (Phi) is 4.56. The molecule has 0 atom stereocenters. The van der Waals surface area contributed by atoms with Crippen LogP contribution in [0.3, 0.4) is 0 Å². The third-order valence-corrected chi connectivity index (χ3v) is 3.40. The summed E-state index contributed by atoms with van der Waals surface area (Å²) in [7, 11) is 0. The monoisotopic (exact) mass is 293 g/mol. The average molecular weight is 293 g/mol. The van der Waals surface area contributed by atoms with Crippen LogP contribution >= 0.6 is 0 Å². The lowest BCUT2D eigenvalue weighted by Gasteiger charge is -2.23. The molecule has 0 radical (unpaired) electrons. The largest absolute Gasteiger partial charge is 0.409 e. The molecule has 8 heteroatoms. The van der Waals surface area contributed by atoms with Gasteiger partial charge in [-0.25, -0.2) is 4.98 Å². The minimum Gasteiger partial charge on any atom is -0.409 e. The Labute approximate surface area is 122 Å². The molecule has 0 aromatic carbocycles. The number of amidine groups is 1. The summed E-state index contributed by atoms with van der Waals surface area (Å²) >= 11 is 0. The Morgan fingerprint density at radius 3 is 2.86 bits per heavy atom. The van der Waals surface area contributed by atoms with Crippen molar-refractivity contribution >= 4 is 17.3 Å². The third kappa shape index (κ3) is 3.59. The first-order valence-corrected chi connectivity index (χ1v) is 6.95. The van der Waals surface area contributed by atoms with Crippen LogP contribution in [-0.4, -0.2) is 34.0 Å². The number of anilines is 1. The van der Waals surface area contributed by atoms with E-state index in [9.17, 15) is 10.1 Å². The lowest BCUT2D eigenvalue weighted by Crippen LogP contribution is -2.28. The topological polar surface area (TPSA) is 118 Å². The zero-order valence-electron chi connectivity index (χ0n) is 11.9. The van der Waals surface area contributed by atoms with Crippen LogP contribution < -0.4 is 10.6 Å². The number of nitro groups is 1. The van der Waals surface area contributed by atoms with Crippen molar-refractivity contribution in [1.82, 2.24) is 4.98 Å². The maximum Gasteiger partial charge on any atom is 0.298 e. The van der Waals surface area contributed by atoms with E-state index in [1.807, 2.05) is 0 Å². The Hall–Kier alpha value is -2.38. The molecule has 114 valence electrons. The van der Waals surface area contributed by atoms with Gasteiger partial charge in [0.1, 0.15) is 5.82 Å². The molecule has 1 aromatic heterocycles. The summed E-state index contributed by atoms with van der Waals surface area (Å²) in [6, 6.07) is 2.97. The molecule has 0 spiro atoms. The molecular formula is C13H19N5O3. The summed E-state index contributed by atoms with van der Waals surface area (Å²) in [5.74, 6) is 0.934. The molecule has 1 saturated carbocycles. The second-order valence-electron chi connectivity index (χ2n) is 5.17. The minimum atomic E-state index is -0.588. The maximum absolute atomic E-state index is 11.0. The lowest BCUT2D eigenvalue weighted by atomic mass is 10.2. The molecule has 0 bridgehead atoms. The van der Waals surface area contributed by atoms with E-state index in [0.717, 1.165) is 19.5 Å². The molecule has 0 unspecified atom stereocenters. The molecule has 0 aliphatic heterocycles. The van der Waals surface area contributed by atoms with Crippen LogP contribution in [0.5, 0.6) is 0 Å². The predicted molar refractivity (Wildman–Crippen MR) is 78.6 cm³/mol. The summed E-state index contributed by atoms with van der Waals surface area (Å²) in [4.78, 5) is 16.7. The number of hydrogen-bond acceptors (Lipinski definition) is 6. The van der Waals surface area contributed by atoms with Gasteiger partial charge in [0.2, 0.25) is 0 Å². The highest BCUT2D eigenvalue weighted by Gasteiger charge is 2.26. The average Bonchev–Trinajstić information content (AvgIpc) is 3.29. The molecule has 21 heavy (non-hydrogen) atoms. The van der Waals surface area contributed by atoms with Crippen LogP contribution in [0.15, 0.2) is 17.3 Å². The number of pyridine rings is 1. The molecular weight excluding hydrogens is 274 g/mol. The Morgan fingerprint density at radius 2 is 2.33 bits per heavy atom. The highest BCUT2D eigenvalue weighted by molar-refractivity contribution is 5.99. The summed E-state index contributed by atoms with van der Waals surface area (Å²) in [6.07, 6.45) is 3.37. The fourth-order valence-corrected chi connectivity index (χ4v) is 2.18. The van der Waals surface area contributed by atoms with Crippen LogP contribution in [0.2, 0.25) is 0 Å². The third-order valence-electron chi connectivity index (χ3n) is 3.40. The SMILES string of the molecule is CCCN(CC1CC1)c1ccc([N+](=O)[O-])c(/C(N)=N/O)n1. The van der Waals surface area contributed by atoms with Gasteiger partial charge < -0.3 is 15.8 Å². The van der Waals surface area contributed by atoms with Gasteiger partial charge in [0.05, 0.1) is 4.92 Å². The molecule has 1 fully saturated rings. The van der Waals surface area contributed by atoms with E-state index in [1.165, 1.54) is 18.9 Å². The molecule has 3 N–H and O–H groups in total. The molecule has 1 aliphatic carbocycles. The van der Waals surface area contributed by atoms with Gasteiger partial charge in [-0.15, -0.1) is 0 Å². The quantitative estimate of drug-likeness (QED) is 0.260. The molecule has 1 heterocycles. The van der Waals surface area contributed by atoms with Crippen LogP contribution in [0, 0.1) is 16.0 Å². The van der Waals surface area contributed by atoms with Crippen LogP contribution in [0.25, 0.3) is 0 Å². The van der Waals surface area contributed by atoms with Crippen molar-refractivity contribution in [1.29, 1.82) is 0 Å². The summed E-state index contributed by atoms with van der Waals surface area (Å²) in [5.41, 5.74) is 5.14. The molecule has 1 aliphatic rings. The van der Waals surface area contributed by atoms with E-state index < -0.39 is 4.92 Å². The number of oxime groups is 1. The van der Waals surface area contributed by atoms with E-state index in [2.05, 4.69) is 22.0 Å². The second kappa shape index (κ2) is 6.38. The zero-order valence-corrected chi connectivity index (χ0v) is 11.9. The maximum atomic E-state index is 11.0. The van der Waals surface area contributed by atoms with Crippen molar-refractivity contribution in [2.75, 3.05) is 18.0 Å². The first kappa shape index (κ1) is 15.0. The standard InChI is InChI=1S/C13H19N5O3/c1-2-7-17(8-9-3-4-9)11-6-5-10(18(20)21)12(15-11)13(14)16-19/h5-6,9,19H,2-4,7-8H2,1H3,(H2,14,16). The summed E-state index contributed by atoms with van der Waals surface area (Å²) in [5, 5.41) is 22.6. The van der Waals surface area contributed by atoms with Gasteiger partial charge in [0, 0.05) is 19.2 Å². The zero-order chi connectivity index (χ0) is 15.4. The normalized spacial score (nSPS) is 15.0. The van der Waals surface area contributed by atoms with Gasteiger partial charge in [0.25, 0.3) is 5.69 Å². The highest BCUT2D eigenvalue weighted by Crippen LogP contribution is 2.31. The first-order valence-electron chi connectivity index (χ1n) is 6.95. The molecule has 0 saturated heterocycles. The van der Waals surface area contributed by atoms with Gasteiger partial charge >= 0.3 is 0 Å². The number of hydrogen-bond donors (Lipinski definition) is 2. The van der Waals surface area contributed by atoms with Gasteiger partial charge in [0.15, 0.2) is 11.5 Å². The van der Waals surface area contributed by atoms with Crippen molar-refractivity contribution in [2.24, 2.45) is 16.8 Å². The number of nitrogens with zero attached hydrogens (tertiary/aromatic N) is 4. The van der Waals surface area contributed by atoms with E-state index >= 15 is 0 Å². The Bertz CT molecular complexity index is 557. The number of aromatic nitrogens is 1. The van der Waals surface area contributed by atoms with Crippen molar-refractivity contribution in [3.8, 4) is 0 Å². The van der Waals surface area contributed by atoms with E-state index in [1.54, 1.807) is 6.07 Å². The minimum absolute atomic E-state index is 0.100. The van der Waals surface area contributed by atoms with Crippen LogP contribution in [0.1, 0.15) is 31.9 Å². The van der Waals surface area contributed by atoms with Crippen molar-refractivity contribution in [2.45, 2.75) is 26.2 Å². The number of rotatable bonds is 7. The Balaban J connectivity index is 2.36. The van der Waals surface area contributed by atoms with Crippen LogP contribution in [0.4, 0.5) is 11.5 Å². The predicted octanol–water partition coefficient (Wildman–Crippen LogP) is 1.71. The van der Waals surface area contributed by atoms with Crippen molar-refractivity contribution in [3.05, 3.63) is 27.9 Å². The van der Waals surface area contributed by atoms with Crippen molar-refractivity contribution in [3.63, 3.8) is 0 Å². The highest BCUT2D eigenvalue weighted by atomic mass is 16.6. The molecule has 2 rings (SSSR count). The number of nitrogens with two attached hydrogens (primary N) is 1. The van der Waals surface area contributed by atoms with Gasteiger partial charge in [-0.1, -0.05) is 12.1 Å². The molecule has 0 amide bonds. The van der Waals surface area contributed by atoms with Gasteiger partial charge in [-0.2, -0.15) is 0 Å². The lowest BCUT2D eigenvalue weighted by molar-refractivity contribution is -0.385. The smallest absolute Gasteiger partial charge is 0.298 e. The van der Waals surface area contributed by atoms with Gasteiger partial charge in [-0.3, -0.25) is 10.1 Å². The Morgan fingerprint density at radius 1 is 1.62 bits per heavy atom.